The average molecular weight is 236 g/mol. The predicted molar refractivity (Wildman–Crippen MR) is 72.1 cm³/mol. The molecule has 0 aliphatic heterocycles. The Balaban J connectivity index is 2.77. The van der Waals surface area contributed by atoms with Crippen LogP contribution in [0, 0.1) is 0 Å². The number of nitrogens with zero attached hydrogens (tertiary/aromatic N) is 1. The minimum atomic E-state index is 0.524. The van der Waals surface area contributed by atoms with Crippen LogP contribution in [-0.2, 0) is 13.1 Å². The van der Waals surface area contributed by atoms with E-state index in [-0.39, 0.29) is 0 Å². The summed E-state index contributed by atoms with van der Waals surface area (Å²) in [5.41, 5.74) is 8.01. The van der Waals surface area contributed by atoms with Gasteiger partial charge in [0.2, 0.25) is 0 Å². The minimum Gasteiger partial charge on any atom is -0.496 e. The van der Waals surface area contributed by atoms with Crippen LogP contribution in [-0.4, -0.2) is 25.1 Å². The molecule has 0 atom stereocenters. The van der Waals surface area contributed by atoms with E-state index in [1.54, 1.807) is 7.11 Å². The molecule has 0 amide bonds. The largest absolute Gasteiger partial charge is 0.496 e. The van der Waals surface area contributed by atoms with Crippen LogP contribution in [0.2, 0.25) is 0 Å². The maximum Gasteiger partial charge on any atom is 0.123 e. The van der Waals surface area contributed by atoms with Gasteiger partial charge in [0.1, 0.15) is 5.75 Å². The fraction of sp³-hybridized carbons (Fsp3) is 0.571. The molecule has 0 radical (unpaired) electrons. The Kier molecular flexibility index (Phi) is 6.01. The van der Waals surface area contributed by atoms with Crippen LogP contribution in [0.5, 0.6) is 5.75 Å². The SMILES string of the molecule is CCCN(CC)Cc1ccc(CN)c(OC)c1. The third-order valence-corrected chi connectivity index (χ3v) is 2.96. The molecule has 0 fully saturated rings. The van der Waals surface area contributed by atoms with Crippen molar-refractivity contribution in [2.24, 2.45) is 5.73 Å². The monoisotopic (exact) mass is 236 g/mol. The summed E-state index contributed by atoms with van der Waals surface area (Å²) in [4.78, 5) is 2.43. The van der Waals surface area contributed by atoms with Gasteiger partial charge in [-0.05, 0) is 31.1 Å². The number of benzene rings is 1. The lowest BCUT2D eigenvalue weighted by atomic mass is 10.1. The first-order chi connectivity index (χ1) is 8.24. The summed E-state index contributed by atoms with van der Waals surface area (Å²) < 4.78 is 5.35. The number of rotatable bonds is 7. The third-order valence-electron chi connectivity index (χ3n) is 2.96. The Hall–Kier alpha value is -1.06. The third kappa shape index (κ3) is 4.02. The van der Waals surface area contributed by atoms with Gasteiger partial charge in [0.15, 0.2) is 0 Å². The zero-order valence-electron chi connectivity index (χ0n) is 11.2. The van der Waals surface area contributed by atoms with Crippen molar-refractivity contribution >= 4 is 0 Å². The first-order valence-corrected chi connectivity index (χ1v) is 6.33. The van der Waals surface area contributed by atoms with Crippen molar-refractivity contribution in [1.82, 2.24) is 4.90 Å². The lowest BCUT2D eigenvalue weighted by Crippen LogP contribution is -2.23. The zero-order valence-corrected chi connectivity index (χ0v) is 11.2. The minimum absolute atomic E-state index is 0.524. The second-order valence-corrected chi connectivity index (χ2v) is 4.22. The molecule has 0 bridgehead atoms. The molecule has 0 aromatic heterocycles. The summed E-state index contributed by atoms with van der Waals surface area (Å²) in [7, 11) is 1.70. The summed E-state index contributed by atoms with van der Waals surface area (Å²) in [6.07, 6.45) is 1.19. The molecule has 1 aromatic rings. The van der Waals surface area contributed by atoms with Crippen molar-refractivity contribution in [2.45, 2.75) is 33.4 Å². The molecule has 3 heteroatoms. The van der Waals surface area contributed by atoms with Crippen molar-refractivity contribution in [1.29, 1.82) is 0 Å². The second kappa shape index (κ2) is 7.30. The van der Waals surface area contributed by atoms with E-state index < -0.39 is 0 Å². The summed E-state index contributed by atoms with van der Waals surface area (Å²) >= 11 is 0. The Morgan fingerprint density at radius 2 is 2.06 bits per heavy atom. The predicted octanol–water partition coefficient (Wildman–Crippen LogP) is 2.39. The van der Waals surface area contributed by atoms with E-state index in [9.17, 15) is 0 Å². The van der Waals surface area contributed by atoms with Gasteiger partial charge < -0.3 is 10.5 Å². The van der Waals surface area contributed by atoms with Crippen LogP contribution in [0.4, 0.5) is 0 Å². The van der Waals surface area contributed by atoms with Crippen LogP contribution in [0.25, 0.3) is 0 Å². The molecule has 0 saturated heterocycles. The smallest absolute Gasteiger partial charge is 0.123 e. The first-order valence-electron chi connectivity index (χ1n) is 6.33. The standard InChI is InChI=1S/C14H24N2O/c1-4-8-16(5-2)11-12-6-7-13(10-15)14(9-12)17-3/h6-7,9H,4-5,8,10-11,15H2,1-3H3. The number of methoxy groups -OCH3 is 1. The lowest BCUT2D eigenvalue weighted by Gasteiger charge is -2.20. The summed E-state index contributed by atoms with van der Waals surface area (Å²) in [6, 6.07) is 6.30. The van der Waals surface area contributed by atoms with Crippen molar-refractivity contribution in [3.05, 3.63) is 29.3 Å². The molecule has 0 saturated carbocycles. The molecule has 1 aromatic carbocycles. The second-order valence-electron chi connectivity index (χ2n) is 4.22. The molecule has 3 nitrogen and oxygen atoms in total. The lowest BCUT2D eigenvalue weighted by molar-refractivity contribution is 0.280. The Labute approximate surface area is 105 Å². The highest BCUT2D eigenvalue weighted by Crippen LogP contribution is 2.20. The quantitative estimate of drug-likeness (QED) is 0.790. The normalized spacial score (nSPS) is 10.9. The fourth-order valence-electron chi connectivity index (χ4n) is 1.98. The molecular formula is C14H24N2O. The Morgan fingerprint density at radius 3 is 2.59 bits per heavy atom. The molecule has 17 heavy (non-hydrogen) atoms. The molecule has 96 valence electrons. The average Bonchev–Trinajstić information content (AvgIpc) is 2.38. The molecule has 0 heterocycles. The van der Waals surface area contributed by atoms with E-state index in [4.69, 9.17) is 10.5 Å². The van der Waals surface area contributed by atoms with Crippen LogP contribution in [0.15, 0.2) is 18.2 Å². The van der Waals surface area contributed by atoms with Crippen LogP contribution >= 0.6 is 0 Å². The first kappa shape index (κ1) is 14.0. The molecule has 0 spiro atoms. The van der Waals surface area contributed by atoms with E-state index in [1.807, 2.05) is 0 Å². The van der Waals surface area contributed by atoms with E-state index in [0.717, 1.165) is 30.9 Å². The highest BCUT2D eigenvalue weighted by molar-refractivity contribution is 5.37. The molecule has 0 unspecified atom stereocenters. The molecular weight excluding hydrogens is 212 g/mol. The van der Waals surface area contributed by atoms with Gasteiger partial charge in [0.25, 0.3) is 0 Å². The van der Waals surface area contributed by atoms with Gasteiger partial charge >= 0.3 is 0 Å². The van der Waals surface area contributed by atoms with E-state index in [0.29, 0.717) is 6.54 Å². The van der Waals surface area contributed by atoms with E-state index in [1.165, 1.54) is 12.0 Å². The van der Waals surface area contributed by atoms with Crippen LogP contribution in [0.3, 0.4) is 0 Å². The fourth-order valence-corrected chi connectivity index (χ4v) is 1.98. The van der Waals surface area contributed by atoms with Gasteiger partial charge in [-0.3, -0.25) is 4.90 Å². The topological polar surface area (TPSA) is 38.5 Å². The summed E-state index contributed by atoms with van der Waals surface area (Å²) in [6.45, 7) is 8.12. The molecule has 0 aliphatic rings. The van der Waals surface area contributed by atoms with Gasteiger partial charge in [-0.2, -0.15) is 0 Å². The van der Waals surface area contributed by atoms with Crippen molar-refractivity contribution < 1.29 is 4.74 Å². The van der Waals surface area contributed by atoms with E-state index >= 15 is 0 Å². The number of hydrogen-bond acceptors (Lipinski definition) is 3. The van der Waals surface area contributed by atoms with Crippen molar-refractivity contribution in [2.75, 3.05) is 20.2 Å². The van der Waals surface area contributed by atoms with Gasteiger partial charge in [0.05, 0.1) is 7.11 Å². The molecule has 0 aliphatic carbocycles. The Morgan fingerprint density at radius 1 is 1.29 bits per heavy atom. The van der Waals surface area contributed by atoms with Gasteiger partial charge in [-0.15, -0.1) is 0 Å². The number of nitrogens with two attached hydrogens (primary N) is 1. The maximum atomic E-state index is 5.66. The summed E-state index contributed by atoms with van der Waals surface area (Å²) in [5, 5.41) is 0. The van der Waals surface area contributed by atoms with E-state index in [2.05, 4.69) is 36.9 Å². The maximum absolute atomic E-state index is 5.66. The van der Waals surface area contributed by atoms with Gasteiger partial charge in [-0.25, -0.2) is 0 Å². The highest BCUT2D eigenvalue weighted by Gasteiger charge is 2.06. The van der Waals surface area contributed by atoms with Crippen molar-refractivity contribution in [3.8, 4) is 5.75 Å². The van der Waals surface area contributed by atoms with Crippen molar-refractivity contribution in [3.63, 3.8) is 0 Å². The summed E-state index contributed by atoms with van der Waals surface area (Å²) in [5.74, 6) is 0.901. The highest BCUT2D eigenvalue weighted by atomic mass is 16.5. The Bertz CT molecular complexity index is 339. The molecule has 2 N–H and O–H groups in total. The van der Waals surface area contributed by atoms with Crippen LogP contribution < -0.4 is 10.5 Å². The van der Waals surface area contributed by atoms with Gasteiger partial charge in [0, 0.05) is 18.7 Å². The number of ether oxygens (including phenoxy) is 1. The zero-order chi connectivity index (χ0) is 12.7. The van der Waals surface area contributed by atoms with Gasteiger partial charge in [-0.1, -0.05) is 26.0 Å². The number of hydrogen-bond donors (Lipinski definition) is 1. The molecule has 1 rings (SSSR count). The van der Waals surface area contributed by atoms with Crippen LogP contribution in [0.1, 0.15) is 31.4 Å².